The maximum Gasteiger partial charge on any atom is 0.405 e. The molecular formula is C11H8F2N4O3S. The normalized spacial score (nSPS) is 10.2. The Kier molecular flexibility index (Phi) is 4.38. The van der Waals surface area contributed by atoms with E-state index < -0.39 is 29.7 Å². The third-order valence-corrected chi connectivity index (χ3v) is 2.89. The van der Waals surface area contributed by atoms with Crippen molar-refractivity contribution in [2.24, 2.45) is 5.73 Å². The van der Waals surface area contributed by atoms with Crippen LogP contribution in [0.5, 0.6) is 0 Å². The van der Waals surface area contributed by atoms with Crippen LogP contribution in [-0.4, -0.2) is 28.6 Å². The molecule has 21 heavy (non-hydrogen) atoms. The lowest BCUT2D eigenvalue weighted by Crippen LogP contribution is -2.23. The minimum atomic E-state index is -1.11. The molecule has 7 nitrogen and oxygen atoms in total. The number of thiazole rings is 1. The van der Waals surface area contributed by atoms with E-state index in [-0.39, 0.29) is 16.5 Å². The number of hydrogen-bond donors (Lipinski definition) is 2. The van der Waals surface area contributed by atoms with E-state index in [0.717, 1.165) is 6.07 Å². The minimum absolute atomic E-state index is 0.00219. The number of halogens is 2. The van der Waals surface area contributed by atoms with Crippen molar-refractivity contribution in [3.63, 3.8) is 0 Å². The fraction of sp³-hybridized carbons (Fsp3) is 0.0909. The molecule has 0 aliphatic carbocycles. The molecule has 2 heterocycles. The topological polar surface area (TPSA) is 107 Å². The summed E-state index contributed by atoms with van der Waals surface area (Å²) in [5, 5.41) is 1.40. The highest BCUT2D eigenvalue weighted by atomic mass is 32.1. The summed E-state index contributed by atoms with van der Waals surface area (Å²) >= 11 is 0.534. The number of carbonyl (C=O) groups excluding carboxylic acids is 2. The number of amides is 2. The maximum absolute atomic E-state index is 13.7. The molecule has 0 spiro atoms. The van der Waals surface area contributed by atoms with Crippen molar-refractivity contribution in [1.29, 1.82) is 0 Å². The number of nitrogens with one attached hydrogen (secondary N) is 1. The van der Waals surface area contributed by atoms with Crippen molar-refractivity contribution in [1.82, 2.24) is 9.97 Å². The summed E-state index contributed by atoms with van der Waals surface area (Å²) in [6.07, 6.45) is -1.11. The summed E-state index contributed by atoms with van der Waals surface area (Å²) in [4.78, 5) is 29.0. The number of anilines is 1. The highest BCUT2D eigenvalue weighted by Crippen LogP contribution is 2.28. The Morgan fingerprint density at radius 1 is 1.33 bits per heavy atom. The first-order valence-corrected chi connectivity index (χ1v) is 6.28. The van der Waals surface area contributed by atoms with Gasteiger partial charge < -0.3 is 10.5 Å². The molecule has 0 aliphatic rings. The molecule has 0 saturated carbocycles. The summed E-state index contributed by atoms with van der Waals surface area (Å²) in [5.41, 5.74) is 4.50. The molecule has 3 N–H and O–H groups in total. The summed E-state index contributed by atoms with van der Waals surface area (Å²) < 4.78 is 31.0. The Morgan fingerprint density at radius 2 is 2.10 bits per heavy atom. The van der Waals surface area contributed by atoms with E-state index in [1.165, 1.54) is 12.1 Å². The zero-order valence-electron chi connectivity index (χ0n) is 10.3. The summed E-state index contributed by atoms with van der Waals surface area (Å²) in [6.45, 7) is -0.621. The fourth-order valence-corrected chi connectivity index (χ4v) is 2.06. The molecule has 0 atom stereocenters. The second kappa shape index (κ2) is 6.22. The minimum Gasteiger partial charge on any atom is -0.440 e. The van der Waals surface area contributed by atoms with E-state index in [0.29, 0.717) is 11.3 Å². The van der Waals surface area contributed by atoms with E-state index in [4.69, 9.17) is 5.73 Å². The maximum atomic E-state index is 13.7. The van der Waals surface area contributed by atoms with E-state index in [1.54, 1.807) is 0 Å². The first-order chi connectivity index (χ1) is 9.95. The number of primary amides is 1. The average Bonchev–Trinajstić information content (AvgIpc) is 2.77. The quantitative estimate of drug-likeness (QED) is 0.832. The molecule has 0 fully saturated rings. The zero-order chi connectivity index (χ0) is 15.4. The van der Waals surface area contributed by atoms with Crippen molar-refractivity contribution in [3.05, 3.63) is 29.3 Å². The lowest BCUT2D eigenvalue weighted by Gasteiger charge is -2.00. The van der Waals surface area contributed by atoms with Gasteiger partial charge in [-0.05, 0) is 12.1 Å². The van der Waals surface area contributed by atoms with E-state index in [1.807, 2.05) is 0 Å². The lowest BCUT2D eigenvalue weighted by molar-refractivity contribution is -0.118. The number of nitrogens with two attached hydrogens (primary N) is 1. The highest BCUT2D eigenvalue weighted by Gasteiger charge is 2.16. The van der Waals surface area contributed by atoms with Gasteiger partial charge in [0.15, 0.2) is 11.7 Å². The molecule has 2 aromatic heterocycles. The predicted molar refractivity (Wildman–Crippen MR) is 69.4 cm³/mol. The van der Waals surface area contributed by atoms with E-state index >= 15 is 0 Å². The molecule has 0 aliphatic heterocycles. The molecular weight excluding hydrogens is 306 g/mol. The zero-order valence-corrected chi connectivity index (χ0v) is 11.1. The highest BCUT2D eigenvalue weighted by molar-refractivity contribution is 7.14. The standard InChI is InChI=1S/C11H8F2N4O3S/c12-6-3-1-2-5(15-6)8-9(13)21-11(17-8)16-7(18)4-20-10(14)19/h1-3H,4H2,(H2,14,19)(H,16,17,18). The molecule has 110 valence electrons. The third-order valence-electron chi connectivity index (χ3n) is 2.14. The van der Waals surface area contributed by atoms with Crippen molar-refractivity contribution in [2.45, 2.75) is 0 Å². The largest absolute Gasteiger partial charge is 0.440 e. The molecule has 2 aromatic rings. The first-order valence-electron chi connectivity index (χ1n) is 5.47. The van der Waals surface area contributed by atoms with Gasteiger partial charge in [-0.25, -0.2) is 14.8 Å². The smallest absolute Gasteiger partial charge is 0.405 e. The molecule has 0 saturated heterocycles. The first kappa shape index (κ1) is 14.8. The number of rotatable bonds is 4. The van der Waals surface area contributed by atoms with E-state index in [2.05, 4.69) is 20.0 Å². The summed E-state index contributed by atoms with van der Waals surface area (Å²) in [5.74, 6) is -1.51. The van der Waals surface area contributed by atoms with Gasteiger partial charge in [0.05, 0.1) is 5.69 Å². The van der Waals surface area contributed by atoms with Crippen LogP contribution < -0.4 is 11.1 Å². The van der Waals surface area contributed by atoms with Gasteiger partial charge >= 0.3 is 6.09 Å². The van der Waals surface area contributed by atoms with Gasteiger partial charge in [-0.15, -0.1) is 0 Å². The number of carbonyl (C=O) groups is 2. The molecule has 0 aromatic carbocycles. The van der Waals surface area contributed by atoms with Crippen LogP contribution in [0.4, 0.5) is 18.7 Å². The summed E-state index contributed by atoms with van der Waals surface area (Å²) in [7, 11) is 0. The second-order valence-electron chi connectivity index (χ2n) is 3.64. The van der Waals surface area contributed by atoms with Crippen LogP contribution >= 0.6 is 11.3 Å². The Morgan fingerprint density at radius 3 is 2.76 bits per heavy atom. The van der Waals surface area contributed by atoms with Crippen molar-refractivity contribution in [3.8, 4) is 11.4 Å². The number of hydrogen-bond acceptors (Lipinski definition) is 6. The van der Waals surface area contributed by atoms with Gasteiger partial charge in [-0.1, -0.05) is 17.4 Å². The van der Waals surface area contributed by atoms with Gasteiger partial charge in [0.2, 0.25) is 11.1 Å². The Labute approximate surface area is 120 Å². The molecule has 2 rings (SSSR count). The SMILES string of the molecule is NC(=O)OCC(=O)Nc1nc(-c2cccc(F)n2)c(F)s1. The van der Waals surface area contributed by atoms with E-state index in [9.17, 15) is 18.4 Å². The molecule has 2 amide bonds. The fourth-order valence-electron chi connectivity index (χ4n) is 1.35. The molecule has 0 radical (unpaired) electrons. The Balaban J connectivity index is 2.12. The molecule has 10 heteroatoms. The predicted octanol–water partition coefficient (Wildman–Crippen LogP) is 1.52. The Hall–Kier alpha value is -2.62. The van der Waals surface area contributed by atoms with Crippen LogP contribution in [0.15, 0.2) is 18.2 Å². The number of aromatic nitrogens is 2. The van der Waals surface area contributed by atoms with Crippen LogP contribution in [0.25, 0.3) is 11.4 Å². The van der Waals surface area contributed by atoms with Crippen LogP contribution in [0.2, 0.25) is 0 Å². The third kappa shape index (κ3) is 3.92. The summed E-state index contributed by atoms with van der Waals surface area (Å²) in [6, 6.07) is 3.84. The second-order valence-corrected chi connectivity index (χ2v) is 4.59. The Bertz CT molecular complexity index is 692. The van der Waals surface area contributed by atoms with Gasteiger partial charge in [0.1, 0.15) is 5.69 Å². The van der Waals surface area contributed by atoms with Crippen molar-refractivity contribution in [2.75, 3.05) is 11.9 Å². The van der Waals surface area contributed by atoms with Crippen molar-refractivity contribution < 1.29 is 23.1 Å². The van der Waals surface area contributed by atoms with Crippen LogP contribution in [0.1, 0.15) is 0 Å². The molecule has 0 bridgehead atoms. The monoisotopic (exact) mass is 314 g/mol. The lowest BCUT2D eigenvalue weighted by atomic mass is 10.3. The van der Waals surface area contributed by atoms with Gasteiger partial charge in [0.25, 0.3) is 5.91 Å². The van der Waals surface area contributed by atoms with Crippen LogP contribution in [0.3, 0.4) is 0 Å². The number of ether oxygens (including phenoxy) is 1. The van der Waals surface area contributed by atoms with Gasteiger partial charge in [-0.3, -0.25) is 10.1 Å². The van der Waals surface area contributed by atoms with Gasteiger partial charge in [-0.2, -0.15) is 8.78 Å². The molecule has 0 unspecified atom stereocenters. The van der Waals surface area contributed by atoms with Crippen LogP contribution in [0, 0.1) is 11.1 Å². The van der Waals surface area contributed by atoms with Gasteiger partial charge in [0, 0.05) is 0 Å². The number of pyridine rings is 1. The van der Waals surface area contributed by atoms with Crippen LogP contribution in [-0.2, 0) is 9.53 Å². The van der Waals surface area contributed by atoms with Crippen molar-refractivity contribution >= 4 is 28.5 Å². The average molecular weight is 314 g/mol. The number of nitrogens with zero attached hydrogens (tertiary/aromatic N) is 2.